The molecule has 29 heavy (non-hydrogen) atoms. The standard InChI is InChI=1S/C17H21F3N2O6S/c1-10(11-3-4-11)22(9-17(18,19)20)15(23)8-28-16(24)12-5-6-13(27-2)14(7-12)29(21,25)26/h5-7,10-11H,3-4,8-9H2,1-2H3,(H2,21,25,26). The summed E-state index contributed by atoms with van der Waals surface area (Å²) in [6.07, 6.45) is -3.14. The van der Waals surface area contributed by atoms with Crippen molar-refractivity contribution in [1.29, 1.82) is 0 Å². The maximum atomic E-state index is 12.8. The Morgan fingerprint density at radius 3 is 2.41 bits per heavy atom. The van der Waals surface area contributed by atoms with Gasteiger partial charge in [0.15, 0.2) is 6.61 Å². The topological polar surface area (TPSA) is 116 Å². The van der Waals surface area contributed by atoms with Crippen molar-refractivity contribution in [2.24, 2.45) is 11.1 Å². The minimum absolute atomic E-state index is 0.0177. The van der Waals surface area contributed by atoms with Crippen LogP contribution >= 0.6 is 0 Å². The number of nitrogens with zero attached hydrogens (tertiary/aromatic N) is 1. The fourth-order valence-corrected chi connectivity index (χ4v) is 3.53. The zero-order valence-corrected chi connectivity index (χ0v) is 16.5. The number of esters is 1. The van der Waals surface area contributed by atoms with E-state index in [1.165, 1.54) is 26.2 Å². The summed E-state index contributed by atoms with van der Waals surface area (Å²) in [5.74, 6) is -2.20. The molecule has 0 bridgehead atoms. The van der Waals surface area contributed by atoms with Crippen molar-refractivity contribution in [2.75, 3.05) is 20.3 Å². The molecule has 162 valence electrons. The van der Waals surface area contributed by atoms with E-state index < -0.39 is 52.2 Å². The second-order valence-electron chi connectivity index (χ2n) is 6.70. The third-order valence-electron chi connectivity index (χ3n) is 4.50. The first-order valence-corrected chi connectivity index (χ1v) is 10.1. The highest BCUT2D eigenvalue weighted by atomic mass is 32.2. The lowest BCUT2D eigenvalue weighted by Crippen LogP contribution is -2.47. The molecule has 1 atom stereocenters. The first-order valence-electron chi connectivity index (χ1n) is 8.57. The van der Waals surface area contributed by atoms with Gasteiger partial charge in [-0.15, -0.1) is 0 Å². The van der Waals surface area contributed by atoms with Gasteiger partial charge in [0.1, 0.15) is 17.2 Å². The number of carbonyl (C=O) groups excluding carboxylic acids is 2. The number of carbonyl (C=O) groups is 2. The number of hydrogen-bond donors (Lipinski definition) is 1. The maximum absolute atomic E-state index is 12.8. The van der Waals surface area contributed by atoms with Gasteiger partial charge in [-0.2, -0.15) is 13.2 Å². The van der Waals surface area contributed by atoms with E-state index in [4.69, 9.17) is 14.6 Å². The van der Waals surface area contributed by atoms with Crippen LogP contribution in [0.4, 0.5) is 13.2 Å². The fraction of sp³-hybridized carbons (Fsp3) is 0.529. The molecular weight excluding hydrogens is 417 g/mol. The number of primary sulfonamides is 1. The van der Waals surface area contributed by atoms with Crippen LogP contribution in [-0.2, 0) is 19.6 Å². The number of alkyl halides is 3. The van der Waals surface area contributed by atoms with Crippen LogP contribution in [0.5, 0.6) is 5.75 Å². The second-order valence-corrected chi connectivity index (χ2v) is 8.23. The Labute approximate surface area is 165 Å². The summed E-state index contributed by atoms with van der Waals surface area (Å²) in [5, 5.41) is 5.06. The summed E-state index contributed by atoms with van der Waals surface area (Å²) in [7, 11) is -3.01. The highest BCUT2D eigenvalue weighted by Crippen LogP contribution is 2.36. The first-order chi connectivity index (χ1) is 13.3. The molecule has 0 saturated heterocycles. The zero-order chi connectivity index (χ0) is 22.0. The summed E-state index contributed by atoms with van der Waals surface area (Å²) in [4.78, 5) is 24.6. The van der Waals surface area contributed by atoms with E-state index in [0.717, 1.165) is 18.9 Å². The molecule has 0 spiro atoms. The van der Waals surface area contributed by atoms with Crippen LogP contribution in [0, 0.1) is 5.92 Å². The van der Waals surface area contributed by atoms with E-state index in [9.17, 15) is 31.2 Å². The number of amides is 1. The smallest absolute Gasteiger partial charge is 0.406 e. The molecule has 1 aromatic carbocycles. The Morgan fingerprint density at radius 2 is 1.93 bits per heavy atom. The number of rotatable bonds is 8. The van der Waals surface area contributed by atoms with Crippen molar-refractivity contribution in [3.8, 4) is 5.75 Å². The molecule has 1 aliphatic rings. The van der Waals surface area contributed by atoms with Crippen LogP contribution in [0.1, 0.15) is 30.1 Å². The molecule has 2 rings (SSSR count). The highest BCUT2D eigenvalue weighted by molar-refractivity contribution is 7.89. The minimum Gasteiger partial charge on any atom is -0.495 e. The first kappa shape index (κ1) is 22.9. The number of nitrogens with two attached hydrogens (primary N) is 1. The number of benzene rings is 1. The van der Waals surface area contributed by atoms with Crippen LogP contribution in [0.3, 0.4) is 0 Å². The molecule has 0 radical (unpaired) electrons. The van der Waals surface area contributed by atoms with E-state index in [1.54, 1.807) is 0 Å². The van der Waals surface area contributed by atoms with Crippen molar-refractivity contribution in [1.82, 2.24) is 4.90 Å². The molecule has 1 unspecified atom stereocenters. The molecule has 12 heteroatoms. The van der Waals surface area contributed by atoms with Gasteiger partial charge in [0.2, 0.25) is 10.0 Å². The predicted octanol–water partition coefficient (Wildman–Crippen LogP) is 1.69. The zero-order valence-electron chi connectivity index (χ0n) is 15.7. The van der Waals surface area contributed by atoms with Gasteiger partial charge >= 0.3 is 12.1 Å². The molecule has 1 saturated carbocycles. The summed E-state index contributed by atoms with van der Waals surface area (Å²) < 4.78 is 71.3. The molecule has 1 aliphatic carbocycles. The third-order valence-corrected chi connectivity index (χ3v) is 5.43. The van der Waals surface area contributed by atoms with E-state index in [-0.39, 0.29) is 17.2 Å². The van der Waals surface area contributed by atoms with Gasteiger partial charge in [-0.25, -0.2) is 18.4 Å². The fourth-order valence-electron chi connectivity index (χ4n) is 2.81. The van der Waals surface area contributed by atoms with Crippen molar-refractivity contribution >= 4 is 21.9 Å². The Kier molecular flexibility index (Phi) is 6.78. The van der Waals surface area contributed by atoms with Gasteiger partial charge in [-0.3, -0.25) is 4.79 Å². The highest BCUT2D eigenvalue weighted by Gasteiger charge is 2.40. The molecule has 0 aromatic heterocycles. The Hall–Kier alpha value is -2.34. The van der Waals surface area contributed by atoms with E-state index >= 15 is 0 Å². The molecule has 1 amide bonds. The van der Waals surface area contributed by atoms with Crippen LogP contribution in [-0.4, -0.2) is 57.7 Å². The monoisotopic (exact) mass is 438 g/mol. The molecule has 8 nitrogen and oxygen atoms in total. The normalized spacial score (nSPS) is 15.5. The minimum atomic E-state index is -4.59. The van der Waals surface area contributed by atoms with Crippen LogP contribution in [0.2, 0.25) is 0 Å². The quantitative estimate of drug-likeness (QED) is 0.618. The number of ether oxygens (including phenoxy) is 2. The van der Waals surface area contributed by atoms with Crippen LogP contribution in [0.25, 0.3) is 0 Å². The second kappa shape index (κ2) is 8.57. The van der Waals surface area contributed by atoms with E-state index in [2.05, 4.69) is 0 Å². The lowest BCUT2D eigenvalue weighted by atomic mass is 10.2. The van der Waals surface area contributed by atoms with Crippen molar-refractivity contribution < 1.29 is 40.7 Å². The molecule has 2 N–H and O–H groups in total. The Balaban J connectivity index is 2.11. The van der Waals surface area contributed by atoms with E-state index in [0.29, 0.717) is 4.90 Å². The van der Waals surface area contributed by atoms with Gasteiger partial charge in [-0.05, 0) is 43.9 Å². The summed E-state index contributed by atoms with van der Waals surface area (Å²) in [6, 6.07) is 2.61. The number of hydrogen-bond acceptors (Lipinski definition) is 6. The largest absolute Gasteiger partial charge is 0.495 e. The van der Waals surface area contributed by atoms with E-state index in [1.807, 2.05) is 0 Å². The average molecular weight is 438 g/mol. The summed E-state index contributed by atoms with van der Waals surface area (Å²) in [5.41, 5.74) is -0.250. The average Bonchev–Trinajstić information content (AvgIpc) is 3.46. The molecule has 1 fully saturated rings. The Morgan fingerprint density at radius 1 is 1.31 bits per heavy atom. The number of sulfonamides is 1. The Bertz CT molecular complexity index is 884. The lowest BCUT2D eigenvalue weighted by Gasteiger charge is -2.30. The molecule has 0 heterocycles. The van der Waals surface area contributed by atoms with Crippen molar-refractivity contribution in [3.05, 3.63) is 23.8 Å². The summed E-state index contributed by atoms with van der Waals surface area (Å²) in [6.45, 7) is -0.840. The number of halogens is 3. The van der Waals surface area contributed by atoms with Gasteiger partial charge < -0.3 is 14.4 Å². The molecular formula is C17H21F3N2O6S. The van der Waals surface area contributed by atoms with Crippen LogP contribution in [0.15, 0.2) is 23.1 Å². The maximum Gasteiger partial charge on any atom is 0.406 e. The summed E-state index contributed by atoms with van der Waals surface area (Å²) >= 11 is 0. The SMILES string of the molecule is COc1ccc(C(=O)OCC(=O)N(CC(F)(F)F)C(C)C2CC2)cc1S(N)(=O)=O. The van der Waals surface area contributed by atoms with Crippen molar-refractivity contribution in [3.63, 3.8) is 0 Å². The van der Waals surface area contributed by atoms with Crippen LogP contribution < -0.4 is 9.88 Å². The molecule has 0 aliphatic heterocycles. The lowest BCUT2D eigenvalue weighted by molar-refractivity contribution is -0.167. The van der Waals surface area contributed by atoms with Crippen molar-refractivity contribution in [2.45, 2.75) is 36.9 Å². The third kappa shape index (κ3) is 6.32. The number of methoxy groups -OCH3 is 1. The molecule has 1 aromatic rings. The van der Waals surface area contributed by atoms with Gasteiger partial charge in [0.05, 0.1) is 12.7 Å². The predicted molar refractivity (Wildman–Crippen MR) is 94.6 cm³/mol. The van der Waals surface area contributed by atoms with Gasteiger partial charge in [0, 0.05) is 6.04 Å². The van der Waals surface area contributed by atoms with Gasteiger partial charge in [-0.1, -0.05) is 0 Å². The van der Waals surface area contributed by atoms with Gasteiger partial charge in [0.25, 0.3) is 5.91 Å².